The predicted molar refractivity (Wildman–Crippen MR) is 113 cm³/mol. The fraction of sp³-hybridized carbons (Fsp3) is 0.238. The summed E-state index contributed by atoms with van der Waals surface area (Å²) in [5, 5.41) is 4.48. The minimum absolute atomic E-state index is 0.0615. The summed E-state index contributed by atoms with van der Waals surface area (Å²) in [5.41, 5.74) is 5.41. The number of urea groups is 1. The van der Waals surface area contributed by atoms with Gasteiger partial charge in [0.15, 0.2) is 24.2 Å². The highest BCUT2D eigenvalue weighted by Gasteiger charge is 2.21. The maximum atomic E-state index is 12.3. The van der Waals surface area contributed by atoms with Gasteiger partial charge in [-0.3, -0.25) is 14.9 Å². The third kappa shape index (κ3) is 6.62. The van der Waals surface area contributed by atoms with Crippen molar-refractivity contribution in [3.8, 4) is 17.2 Å². The highest BCUT2D eigenvalue weighted by atomic mass is 16.5. The summed E-state index contributed by atoms with van der Waals surface area (Å²) in [4.78, 5) is 46.8. The highest BCUT2D eigenvalue weighted by Crippen LogP contribution is 2.29. The lowest BCUT2D eigenvalue weighted by Crippen LogP contribution is -2.42. The predicted octanol–water partition coefficient (Wildman–Crippen LogP) is 1.46. The Hall–Kier alpha value is -4.28. The maximum absolute atomic E-state index is 12.3. The van der Waals surface area contributed by atoms with Crippen LogP contribution in [0.4, 0.5) is 10.5 Å². The fourth-order valence-corrected chi connectivity index (χ4v) is 2.50. The Bertz CT molecular complexity index is 1010. The lowest BCUT2D eigenvalue weighted by atomic mass is 10.2. The van der Waals surface area contributed by atoms with Gasteiger partial charge in [0.1, 0.15) is 5.75 Å². The van der Waals surface area contributed by atoms with Gasteiger partial charge in [-0.1, -0.05) is 12.1 Å². The van der Waals surface area contributed by atoms with E-state index in [-0.39, 0.29) is 23.7 Å². The van der Waals surface area contributed by atoms with Gasteiger partial charge in [-0.15, -0.1) is 0 Å². The van der Waals surface area contributed by atoms with E-state index in [0.717, 1.165) is 0 Å². The molecule has 0 aliphatic carbocycles. The molecule has 0 spiro atoms. The van der Waals surface area contributed by atoms with Crippen LogP contribution in [0.25, 0.3) is 0 Å². The third-order valence-corrected chi connectivity index (χ3v) is 4.04. The molecule has 4 amide bonds. The first kappa shape index (κ1) is 24.0. The van der Waals surface area contributed by atoms with Gasteiger partial charge >= 0.3 is 12.0 Å². The average molecular weight is 445 g/mol. The van der Waals surface area contributed by atoms with E-state index < -0.39 is 29.9 Å². The van der Waals surface area contributed by atoms with Crippen LogP contribution in [0.3, 0.4) is 0 Å². The molecule has 0 unspecified atom stereocenters. The van der Waals surface area contributed by atoms with E-state index in [2.05, 4.69) is 5.32 Å². The fourth-order valence-electron chi connectivity index (χ4n) is 2.50. The molecule has 0 saturated heterocycles. The number of nitrogens with one attached hydrogen (secondary N) is 2. The second-order valence-corrected chi connectivity index (χ2v) is 6.30. The number of primary amides is 1. The molecule has 0 fully saturated rings. The van der Waals surface area contributed by atoms with Crippen molar-refractivity contribution in [1.82, 2.24) is 5.32 Å². The molecular weight excluding hydrogens is 422 g/mol. The van der Waals surface area contributed by atoms with Gasteiger partial charge in [-0.25, -0.2) is 9.59 Å². The summed E-state index contributed by atoms with van der Waals surface area (Å²) in [6.07, 6.45) is -1.25. The number of hydrogen-bond acceptors (Lipinski definition) is 8. The van der Waals surface area contributed by atoms with Gasteiger partial charge in [0, 0.05) is 0 Å². The Kier molecular flexibility index (Phi) is 8.40. The summed E-state index contributed by atoms with van der Waals surface area (Å²) in [6.45, 7) is 0.952. The smallest absolute Gasteiger partial charge is 0.339 e. The molecular formula is C21H23N3O8. The largest absolute Gasteiger partial charge is 0.495 e. The standard InChI is InChI=1S/C21H23N3O8/c1-12(19(26)24-21(22)28)32-20(27)13-8-9-16(17(10-13)30-3)31-11-18(25)23-14-6-4-5-7-15(14)29-2/h4-10,12H,11H2,1-3H3,(H,23,25)(H3,22,24,26,28)/t12-/m1/s1. The van der Waals surface area contributed by atoms with Crippen LogP contribution in [-0.2, 0) is 14.3 Å². The van der Waals surface area contributed by atoms with E-state index >= 15 is 0 Å². The number of imide groups is 1. The monoisotopic (exact) mass is 445 g/mol. The molecule has 0 radical (unpaired) electrons. The van der Waals surface area contributed by atoms with E-state index in [0.29, 0.717) is 11.4 Å². The molecule has 11 nitrogen and oxygen atoms in total. The summed E-state index contributed by atoms with van der Waals surface area (Å²) in [5.74, 6) is -1.26. The number of amides is 4. The van der Waals surface area contributed by atoms with Gasteiger partial charge in [0.25, 0.3) is 11.8 Å². The minimum atomic E-state index is -1.25. The van der Waals surface area contributed by atoms with Crippen molar-refractivity contribution in [3.05, 3.63) is 48.0 Å². The minimum Gasteiger partial charge on any atom is -0.495 e. The van der Waals surface area contributed by atoms with Crippen LogP contribution in [0, 0.1) is 0 Å². The van der Waals surface area contributed by atoms with Gasteiger partial charge in [-0.2, -0.15) is 0 Å². The van der Waals surface area contributed by atoms with Gasteiger partial charge in [-0.05, 0) is 37.3 Å². The van der Waals surface area contributed by atoms with Crippen LogP contribution in [-0.4, -0.2) is 50.7 Å². The van der Waals surface area contributed by atoms with E-state index in [9.17, 15) is 19.2 Å². The number of ether oxygens (including phenoxy) is 4. The van der Waals surface area contributed by atoms with E-state index in [1.165, 1.54) is 39.3 Å². The first-order valence-corrected chi connectivity index (χ1v) is 9.30. The quantitative estimate of drug-likeness (QED) is 0.490. The number of methoxy groups -OCH3 is 2. The molecule has 1 atom stereocenters. The summed E-state index contributed by atoms with van der Waals surface area (Å²) < 4.78 is 20.9. The molecule has 170 valence electrons. The SMILES string of the molecule is COc1ccccc1NC(=O)COc1ccc(C(=O)O[C@H](C)C(=O)NC(N)=O)cc1OC. The number of carbonyl (C=O) groups is 4. The number of anilines is 1. The first-order valence-electron chi connectivity index (χ1n) is 9.30. The number of rotatable bonds is 9. The Morgan fingerprint density at radius 3 is 2.31 bits per heavy atom. The lowest BCUT2D eigenvalue weighted by Gasteiger charge is -2.14. The molecule has 2 aromatic rings. The Balaban J connectivity index is 2.00. The zero-order valence-corrected chi connectivity index (χ0v) is 17.7. The normalized spacial score (nSPS) is 11.0. The Morgan fingerprint density at radius 1 is 0.969 bits per heavy atom. The van der Waals surface area contributed by atoms with E-state index in [1.54, 1.807) is 24.3 Å². The van der Waals surface area contributed by atoms with E-state index in [1.807, 2.05) is 5.32 Å². The van der Waals surface area contributed by atoms with Crippen molar-refractivity contribution in [2.24, 2.45) is 5.73 Å². The maximum Gasteiger partial charge on any atom is 0.339 e. The molecule has 11 heteroatoms. The van der Waals surface area contributed by atoms with Crippen LogP contribution < -0.4 is 30.6 Å². The summed E-state index contributed by atoms with van der Waals surface area (Å²) >= 11 is 0. The van der Waals surface area contributed by atoms with Crippen molar-refractivity contribution in [2.45, 2.75) is 13.0 Å². The number of para-hydroxylation sites is 2. The number of esters is 1. The Morgan fingerprint density at radius 2 is 1.66 bits per heavy atom. The Labute approximate surface area is 183 Å². The average Bonchev–Trinajstić information content (AvgIpc) is 2.77. The topological polar surface area (TPSA) is 155 Å². The second-order valence-electron chi connectivity index (χ2n) is 6.30. The molecule has 4 N–H and O–H groups in total. The van der Waals surface area contributed by atoms with Crippen molar-refractivity contribution in [2.75, 3.05) is 26.1 Å². The molecule has 2 rings (SSSR count). The summed E-state index contributed by atoms with van der Waals surface area (Å²) in [6, 6.07) is 9.96. The number of hydrogen-bond donors (Lipinski definition) is 3. The molecule has 0 aromatic heterocycles. The van der Waals surface area contributed by atoms with Crippen molar-refractivity contribution < 1.29 is 38.1 Å². The molecule has 0 bridgehead atoms. The lowest BCUT2D eigenvalue weighted by molar-refractivity contribution is -0.127. The molecule has 0 aliphatic heterocycles. The number of carbonyl (C=O) groups excluding carboxylic acids is 4. The zero-order valence-electron chi connectivity index (χ0n) is 17.7. The molecule has 0 saturated carbocycles. The first-order chi connectivity index (χ1) is 15.2. The molecule has 0 aliphatic rings. The zero-order chi connectivity index (χ0) is 23.7. The van der Waals surface area contributed by atoms with Crippen LogP contribution in [0.15, 0.2) is 42.5 Å². The van der Waals surface area contributed by atoms with Crippen LogP contribution in [0.2, 0.25) is 0 Å². The number of nitrogens with two attached hydrogens (primary N) is 1. The van der Waals surface area contributed by atoms with Gasteiger partial charge < -0.3 is 30.0 Å². The van der Waals surface area contributed by atoms with Gasteiger partial charge in [0.2, 0.25) is 0 Å². The van der Waals surface area contributed by atoms with Crippen molar-refractivity contribution in [1.29, 1.82) is 0 Å². The van der Waals surface area contributed by atoms with Crippen molar-refractivity contribution in [3.63, 3.8) is 0 Å². The van der Waals surface area contributed by atoms with Crippen molar-refractivity contribution >= 4 is 29.5 Å². The second kappa shape index (κ2) is 11.2. The molecule has 0 heterocycles. The van der Waals surface area contributed by atoms with Crippen LogP contribution in [0.1, 0.15) is 17.3 Å². The van der Waals surface area contributed by atoms with Crippen LogP contribution in [0.5, 0.6) is 17.2 Å². The number of benzene rings is 2. The van der Waals surface area contributed by atoms with Crippen LogP contribution >= 0.6 is 0 Å². The highest BCUT2D eigenvalue weighted by molar-refractivity contribution is 5.98. The summed E-state index contributed by atoms with van der Waals surface area (Å²) in [7, 11) is 2.85. The molecule has 32 heavy (non-hydrogen) atoms. The molecule has 2 aromatic carbocycles. The van der Waals surface area contributed by atoms with E-state index in [4.69, 9.17) is 24.7 Å². The van der Waals surface area contributed by atoms with Gasteiger partial charge in [0.05, 0.1) is 25.5 Å². The third-order valence-electron chi connectivity index (χ3n) is 4.04.